The summed E-state index contributed by atoms with van der Waals surface area (Å²) in [5.74, 6) is -1.46. The molecule has 0 saturated carbocycles. The Bertz CT molecular complexity index is 637. The molecule has 25 heavy (non-hydrogen) atoms. The van der Waals surface area contributed by atoms with Gasteiger partial charge in [0, 0.05) is 31.7 Å². The van der Waals surface area contributed by atoms with E-state index >= 15 is 0 Å². The van der Waals surface area contributed by atoms with E-state index in [1.165, 1.54) is 17.0 Å². The Morgan fingerprint density at radius 1 is 1.36 bits per heavy atom. The lowest BCUT2D eigenvalue weighted by atomic mass is 9.91. The molecule has 0 bridgehead atoms. The van der Waals surface area contributed by atoms with Crippen LogP contribution in [0, 0.1) is 11.8 Å². The third-order valence-corrected chi connectivity index (χ3v) is 4.05. The van der Waals surface area contributed by atoms with Crippen LogP contribution in [0.3, 0.4) is 0 Å². The number of nitrogens with zero attached hydrogens (tertiary/aromatic N) is 2. The van der Waals surface area contributed by atoms with E-state index in [0.29, 0.717) is 13.0 Å². The van der Waals surface area contributed by atoms with Gasteiger partial charge in [0.1, 0.15) is 5.69 Å². The smallest absolute Gasteiger partial charge is 0.433 e. The highest BCUT2D eigenvalue weighted by Crippen LogP contribution is 2.27. The average molecular weight is 359 g/mol. The van der Waals surface area contributed by atoms with E-state index in [2.05, 4.69) is 10.3 Å². The number of pyridine rings is 1. The zero-order valence-corrected chi connectivity index (χ0v) is 13.7. The Hall–Kier alpha value is -2.32. The zero-order valence-electron chi connectivity index (χ0n) is 13.7. The quantitative estimate of drug-likeness (QED) is 0.865. The Balaban J connectivity index is 1.87. The van der Waals surface area contributed by atoms with Crippen LogP contribution in [-0.2, 0) is 17.4 Å². The maximum absolute atomic E-state index is 12.6. The number of hydrogen-bond donors (Lipinski definition) is 2. The molecule has 2 amide bonds. The summed E-state index contributed by atoms with van der Waals surface area (Å²) in [4.78, 5) is 28.2. The number of halogens is 3. The topological polar surface area (TPSA) is 82.5 Å². The van der Waals surface area contributed by atoms with Crippen molar-refractivity contribution < 1.29 is 27.9 Å². The first kappa shape index (κ1) is 19.0. The van der Waals surface area contributed by atoms with E-state index in [0.717, 1.165) is 6.07 Å². The second-order valence-electron chi connectivity index (χ2n) is 6.27. The average Bonchev–Trinajstić information content (AvgIpc) is 2.53. The van der Waals surface area contributed by atoms with Crippen molar-refractivity contribution in [2.75, 3.05) is 19.6 Å². The molecule has 2 atom stereocenters. The molecule has 138 valence electrons. The summed E-state index contributed by atoms with van der Waals surface area (Å²) in [6, 6.07) is 3.22. The number of nitrogens with one attached hydrogen (secondary N) is 1. The molecule has 1 fully saturated rings. The number of carbonyl (C=O) groups excluding carboxylic acids is 1. The Morgan fingerprint density at radius 2 is 2.08 bits per heavy atom. The molecule has 0 aromatic carbocycles. The van der Waals surface area contributed by atoms with Crippen LogP contribution < -0.4 is 5.32 Å². The number of urea groups is 1. The lowest BCUT2D eigenvalue weighted by Gasteiger charge is -2.34. The molecule has 2 N–H and O–H groups in total. The molecule has 1 aliphatic rings. The highest BCUT2D eigenvalue weighted by molar-refractivity contribution is 5.76. The number of amides is 2. The van der Waals surface area contributed by atoms with Crippen molar-refractivity contribution in [1.82, 2.24) is 15.2 Å². The first-order valence-corrected chi connectivity index (χ1v) is 7.95. The number of aromatic nitrogens is 1. The number of carboxylic acids is 1. The van der Waals surface area contributed by atoms with Crippen LogP contribution in [-0.4, -0.2) is 46.6 Å². The first-order valence-electron chi connectivity index (χ1n) is 7.95. The van der Waals surface area contributed by atoms with Crippen molar-refractivity contribution in [3.05, 3.63) is 29.6 Å². The second kappa shape index (κ2) is 7.71. The SMILES string of the molecule is CC1CC(C(=O)O)CN(C(=O)NCCc2cccc(C(F)(F)F)n2)C1. The van der Waals surface area contributed by atoms with E-state index in [9.17, 15) is 22.8 Å². The van der Waals surface area contributed by atoms with E-state index < -0.39 is 29.8 Å². The van der Waals surface area contributed by atoms with Crippen LogP contribution in [0.4, 0.5) is 18.0 Å². The highest BCUT2D eigenvalue weighted by Gasteiger charge is 2.33. The van der Waals surface area contributed by atoms with Gasteiger partial charge in [0.15, 0.2) is 0 Å². The number of carboxylic acid groups (broad SMARTS) is 1. The lowest BCUT2D eigenvalue weighted by molar-refractivity contribution is -0.144. The van der Waals surface area contributed by atoms with Gasteiger partial charge in [0.2, 0.25) is 0 Å². The lowest BCUT2D eigenvalue weighted by Crippen LogP contribution is -2.49. The molecule has 0 spiro atoms. The molecule has 0 aliphatic carbocycles. The van der Waals surface area contributed by atoms with Crippen LogP contribution in [0.2, 0.25) is 0 Å². The molecule has 1 saturated heterocycles. The molecule has 1 aromatic heterocycles. The molecule has 0 radical (unpaired) electrons. The number of hydrogen-bond acceptors (Lipinski definition) is 3. The standard InChI is InChI=1S/C16H20F3N3O3/c1-10-7-11(14(23)24)9-22(8-10)15(25)20-6-5-12-3-2-4-13(21-12)16(17,18)19/h2-4,10-11H,5-9H2,1H3,(H,20,25)(H,23,24). The van der Waals surface area contributed by atoms with E-state index in [-0.39, 0.29) is 31.1 Å². The number of likely N-dealkylation sites (tertiary alicyclic amines) is 1. The molecule has 1 aliphatic heterocycles. The minimum atomic E-state index is -4.50. The van der Waals surface area contributed by atoms with Gasteiger partial charge in [-0.05, 0) is 24.5 Å². The number of carbonyl (C=O) groups is 2. The number of piperidine rings is 1. The Morgan fingerprint density at radius 3 is 2.72 bits per heavy atom. The van der Waals surface area contributed by atoms with Crippen molar-refractivity contribution in [2.24, 2.45) is 11.8 Å². The van der Waals surface area contributed by atoms with Crippen LogP contribution in [0.15, 0.2) is 18.2 Å². The number of rotatable bonds is 4. The van der Waals surface area contributed by atoms with E-state index in [1.807, 2.05) is 6.92 Å². The summed E-state index contributed by atoms with van der Waals surface area (Å²) in [6.07, 6.45) is -3.83. The van der Waals surface area contributed by atoms with Crippen LogP contribution >= 0.6 is 0 Å². The summed E-state index contributed by atoms with van der Waals surface area (Å²) in [6.45, 7) is 2.59. The fourth-order valence-corrected chi connectivity index (χ4v) is 2.88. The van der Waals surface area contributed by atoms with E-state index in [1.54, 1.807) is 0 Å². The van der Waals surface area contributed by atoms with E-state index in [4.69, 9.17) is 5.11 Å². The van der Waals surface area contributed by atoms with Gasteiger partial charge >= 0.3 is 18.2 Å². The molecular weight excluding hydrogens is 339 g/mol. The Labute approximate surface area is 143 Å². The van der Waals surface area contributed by atoms with Gasteiger partial charge < -0.3 is 15.3 Å². The van der Waals surface area contributed by atoms with Gasteiger partial charge in [-0.3, -0.25) is 4.79 Å². The van der Waals surface area contributed by atoms with Crippen LogP contribution in [0.5, 0.6) is 0 Å². The molecule has 9 heteroatoms. The minimum Gasteiger partial charge on any atom is -0.481 e. The molecule has 2 heterocycles. The maximum atomic E-state index is 12.6. The normalized spacial score (nSPS) is 21.0. The summed E-state index contributed by atoms with van der Waals surface area (Å²) < 4.78 is 37.8. The number of aliphatic carboxylic acids is 1. The van der Waals surface area contributed by atoms with Crippen molar-refractivity contribution in [2.45, 2.75) is 25.9 Å². The van der Waals surface area contributed by atoms with Gasteiger partial charge in [0.05, 0.1) is 5.92 Å². The highest BCUT2D eigenvalue weighted by atomic mass is 19.4. The zero-order chi connectivity index (χ0) is 18.6. The summed E-state index contributed by atoms with van der Waals surface area (Å²) >= 11 is 0. The van der Waals surface area contributed by atoms with Gasteiger partial charge in [-0.1, -0.05) is 13.0 Å². The number of alkyl halides is 3. The van der Waals surface area contributed by atoms with Crippen molar-refractivity contribution in [3.8, 4) is 0 Å². The van der Waals surface area contributed by atoms with Crippen molar-refractivity contribution in [3.63, 3.8) is 0 Å². The van der Waals surface area contributed by atoms with Crippen molar-refractivity contribution >= 4 is 12.0 Å². The van der Waals surface area contributed by atoms with Gasteiger partial charge in [-0.2, -0.15) is 13.2 Å². The monoisotopic (exact) mass is 359 g/mol. The predicted molar refractivity (Wildman–Crippen MR) is 82.8 cm³/mol. The fourth-order valence-electron chi connectivity index (χ4n) is 2.88. The summed E-state index contributed by atoms with van der Waals surface area (Å²) in [5, 5.41) is 11.7. The first-order chi connectivity index (χ1) is 11.7. The Kier molecular flexibility index (Phi) is 5.86. The second-order valence-corrected chi connectivity index (χ2v) is 6.27. The maximum Gasteiger partial charge on any atom is 0.433 e. The van der Waals surface area contributed by atoms with Crippen LogP contribution in [0.1, 0.15) is 24.7 Å². The molecule has 2 rings (SSSR count). The third-order valence-electron chi connectivity index (χ3n) is 4.05. The summed E-state index contributed by atoms with van der Waals surface area (Å²) in [5.41, 5.74) is -0.740. The van der Waals surface area contributed by atoms with Crippen molar-refractivity contribution in [1.29, 1.82) is 0 Å². The predicted octanol–water partition coefficient (Wildman–Crippen LogP) is 2.40. The molecule has 6 nitrogen and oxygen atoms in total. The molecule has 2 unspecified atom stereocenters. The fraction of sp³-hybridized carbons (Fsp3) is 0.562. The van der Waals surface area contributed by atoms with Gasteiger partial charge in [-0.15, -0.1) is 0 Å². The molecule has 1 aromatic rings. The van der Waals surface area contributed by atoms with Gasteiger partial charge in [-0.25, -0.2) is 9.78 Å². The summed E-state index contributed by atoms with van der Waals surface area (Å²) in [7, 11) is 0. The van der Waals surface area contributed by atoms with Gasteiger partial charge in [0.25, 0.3) is 0 Å². The molecular formula is C16H20F3N3O3. The minimum absolute atomic E-state index is 0.0748. The van der Waals surface area contributed by atoms with Crippen LogP contribution in [0.25, 0.3) is 0 Å². The largest absolute Gasteiger partial charge is 0.481 e. The third kappa shape index (κ3) is 5.33.